The van der Waals surface area contributed by atoms with Gasteiger partial charge in [0.05, 0.1) is 16.8 Å². The molecule has 0 radical (unpaired) electrons. The largest absolute Gasteiger partial charge is 0.484 e. The van der Waals surface area contributed by atoms with Crippen molar-refractivity contribution in [3.63, 3.8) is 0 Å². The average Bonchev–Trinajstić information content (AvgIpc) is 3.25. The van der Waals surface area contributed by atoms with Gasteiger partial charge in [-0.1, -0.05) is 18.2 Å². The van der Waals surface area contributed by atoms with Gasteiger partial charge in [-0.3, -0.25) is 9.59 Å². The van der Waals surface area contributed by atoms with E-state index in [-0.39, 0.29) is 23.8 Å². The van der Waals surface area contributed by atoms with Crippen molar-refractivity contribution in [3.05, 3.63) is 77.9 Å². The molecule has 1 aliphatic heterocycles. The summed E-state index contributed by atoms with van der Waals surface area (Å²) < 4.78 is 54.1. The summed E-state index contributed by atoms with van der Waals surface area (Å²) in [6.07, 6.45) is -4.52. The lowest BCUT2D eigenvalue weighted by Crippen LogP contribution is -2.23. The van der Waals surface area contributed by atoms with Crippen LogP contribution in [0.3, 0.4) is 0 Å². The van der Waals surface area contributed by atoms with Crippen LogP contribution in [0.15, 0.2) is 66.7 Å². The predicted octanol–water partition coefficient (Wildman–Crippen LogP) is 4.70. The van der Waals surface area contributed by atoms with Gasteiger partial charge in [-0.05, 0) is 42.5 Å². The second-order valence-electron chi connectivity index (χ2n) is 6.93. The van der Waals surface area contributed by atoms with Crippen molar-refractivity contribution in [2.75, 3.05) is 24.0 Å². The fourth-order valence-corrected chi connectivity index (χ4v) is 3.06. The first kappa shape index (κ1) is 22.0. The number of alkyl halides is 3. The van der Waals surface area contributed by atoms with Gasteiger partial charge in [-0.2, -0.15) is 13.2 Å². The molecule has 2 amide bonds. The van der Waals surface area contributed by atoms with Crippen molar-refractivity contribution in [2.45, 2.75) is 6.18 Å². The van der Waals surface area contributed by atoms with E-state index >= 15 is 0 Å². The second-order valence-corrected chi connectivity index (χ2v) is 6.93. The highest BCUT2D eigenvalue weighted by molar-refractivity contribution is 6.10. The lowest BCUT2D eigenvalue weighted by molar-refractivity contribution is -0.137. The van der Waals surface area contributed by atoms with Crippen LogP contribution in [-0.2, 0) is 11.0 Å². The Hall–Kier alpha value is -4.21. The molecular weight excluding hydrogens is 441 g/mol. The van der Waals surface area contributed by atoms with Gasteiger partial charge < -0.3 is 24.8 Å². The number of hydrogen-bond acceptors (Lipinski definition) is 5. The van der Waals surface area contributed by atoms with E-state index < -0.39 is 30.2 Å². The molecule has 0 bridgehead atoms. The molecule has 1 aliphatic rings. The number of benzene rings is 3. The summed E-state index contributed by atoms with van der Waals surface area (Å²) >= 11 is 0. The van der Waals surface area contributed by atoms with Crippen LogP contribution in [0.4, 0.5) is 24.5 Å². The number of amides is 2. The van der Waals surface area contributed by atoms with Crippen LogP contribution in [-0.4, -0.2) is 25.2 Å². The molecule has 0 aromatic heterocycles. The van der Waals surface area contributed by atoms with Crippen LogP contribution in [0.1, 0.15) is 15.9 Å². The third-order valence-electron chi connectivity index (χ3n) is 4.61. The van der Waals surface area contributed by atoms with Crippen LogP contribution in [0.5, 0.6) is 17.2 Å². The Morgan fingerprint density at radius 1 is 0.909 bits per heavy atom. The van der Waals surface area contributed by atoms with E-state index in [1.54, 1.807) is 30.3 Å². The van der Waals surface area contributed by atoms with Crippen molar-refractivity contribution in [1.29, 1.82) is 0 Å². The molecule has 0 saturated carbocycles. The van der Waals surface area contributed by atoms with Crippen molar-refractivity contribution < 1.29 is 37.0 Å². The van der Waals surface area contributed by atoms with Gasteiger partial charge in [0.15, 0.2) is 18.1 Å². The minimum Gasteiger partial charge on any atom is -0.484 e. The fourth-order valence-electron chi connectivity index (χ4n) is 3.06. The topological polar surface area (TPSA) is 85.9 Å². The first-order chi connectivity index (χ1) is 15.8. The van der Waals surface area contributed by atoms with E-state index in [2.05, 4.69) is 10.6 Å². The summed E-state index contributed by atoms with van der Waals surface area (Å²) in [6, 6.07) is 15.4. The van der Waals surface area contributed by atoms with E-state index in [4.69, 9.17) is 14.2 Å². The molecule has 0 unspecified atom stereocenters. The number of fused-ring (bicyclic) bond motifs is 1. The Kier molecular flexibility index (Phi) is 6.07. The monoisotopic (exact) mass is 458 g/mol. The predicted molar refractivity (Wildman–Crippen MR) is 113 cm³/mol. The van der Waals surface area contributed by atoms with Crippen molar-refractivity contribution in [1.82, 2.24) is 0 Å². The fraction of sp³-hybridized carbons (Fsp3) is 0.130. The molecule has 33 heavy (non-hydrogen) atoms. The Morgan fingerprint density at radius 3 is 2.52 bits per heavy atom. The Labute approximate surface area is 186 Å². The highest BCUT2D eigenvalue weighted by Crippen LogP contribution is 2.34. The normalized spacial score (nSPS) is 12.2. The molecule has 3 aromatic rings. The molecule has 0 spiro atoms. The zero-order valence-corrected chi connectivity index (χ0v) is 16.9. The van der Waals surface area contributed by atoms with Crippen LogP contribution in [0, 0.1) is 0 Å². The molecule has 1 heterocycles. The first-order valence-corrected chi connectivity index (χ1v) is 9.69. The first-order valence-electron chi connectivity index (χ1n) is 9.69. The maximum absolute atomic E-state index is 12.8. The lowest BCUT2D eigenvalue weighted by atomic mass is 10.1. The Bertz CT molecular complexity index is 1200. The standard InChI is InChI=1S/C23H17F3N2O5/c24-23(25,26)14-4-3-5-16(10-14)31-12-21(29)28-18-7-2-1-6-17(18)22(30)27-15-8-9-19-20(11-15)33-13-32-19/h1-11H,12-13H2,(H,27,30)(H,28,29). The van der Waals surface area contributed by atoms with Crippen LogP contribution < -0.4 is 24.8 Å². The molecule has 10 heteroatoms. The lowest BCUT2D eigenvalue weighted by Gasteiger charge is -2.13. The van der Waals surface area contributed by atoms with Crippen LogP contribution in [0.25, 0.3) is 0 Å². The molecule has 0 saturated heterocycles. The second kappa shape index (κ2) is 9.11. The van der Waals surface area contributed by atoms with Gasteiger partial charge >= 0.3 is 6.18 Å². The summed E-state index contributed by atoms with van der Waals surface area (Å²) in [5.41, 5.74) is -0.0137. The van der Waals surface area contributed by atoms with Crippen LogP contribution in [0.2, 0.25) is 0 Å². The van der Waals surface area contributed by atoms with Gasteiger partial charge in [0.2, 0.25) is 6.79 Å². The summed E-state index contributed by atoms with van der Waals surface area (Å²) in [5.74, 6) is -0.157. The maximum Gasteiger partial charge on any atom is 0.416 e. The van der Waals surface area contributed by atoms with E-state index in [0.29, 0.717) is 17.2 Å². The molecule has 0 fully saturated rings. The third kappa shape index (κ3) is 5.35. The van der Waals surface area contributed by atoms with Gasteiger partial charge in [-0.15, -0.1) is 0 Å². The molecule has 7 nitrogen and oxygen atoms in total. The van der Waals surface area contributed by atoms with Gasteiger partial charge in [0.25, 0.3) is 11.8 Å². The minimum absolute atomic E-state index is 0.101. The number of carbonyl (C=O) groups excluding carboxylic acids is 2. The molecule has 4 rings (SSSR count). The zero-order valence-electron chi connectivity index (χ0n) is 16.9. The molecule has 3 aromatic carbocycles. The van der Waals surface area contributed by atoms with Gasteiger partial charge in [0, 0.05) is 11.8 Å². The number of anilines is 2. The average molecular weight is 458 g/mol. The highest BCUT2D eigenvalue weighted by atomic mass is 19.4. The maximum atomic E-state index is 12.8. The summed E-state index contributed by atoms with van der Waals surface area (Å²) in [4.78, 5) is 25.1. The van der Waals surface area contributed by atoms with E-state index in [1.807, 2.05) is 0 Å². The number of carbonyl (C=O) groups is 2. The molecule has 2 N–H and O–H groups in total. The van der Waals surface area contributed by atoms with E-state index in [1.165, 1.54) is 24.3 Å². The molecular formula is C23H17F3N2O5. The Morgan fingerprint density at radius 2 is 1.70 bits per heavy atom. The SMILES string of the molecule is O=C(COc1cccc(C(F)(F)F)c1)Nc1ccccc1C(=O)Nc1ccc2c(c1)OCO2. The molecule has 170 valence electrons. The third-order valence-corrected chi connectivity index (χ3v) is 4.61. The summed E-state index contributed by atoms with van der Waals surface area (Å²) in [5, 5.41) is 5.26. The van der Waals surface area contributed by atoms with Crippen molar-refractivity contribution >= 4 is 23.2 Å². The molecule has 0 atom stereocenters. The number of halogens is 3. The van der Waals surface area contributed by atoms with Crippen LogP contribution >= 0.6 is 0 Å². The highest BCUT2D eigenvalue weighted by Gasteiger charge is 2.30. The zero-order chi connectivity index (χ0) is 23.4. The van der Waals surface area contributed by atoms with Crippen molar-refractivity contribution in [3.8, 4) is 17.2 Å². The number of rotatable bonds is 6. The minimum atomic E-state index is -4.52. The molecule has 0 aliphatic carbocycles. The Balaban J connectivity index is 1.40. The van der Waals surface area contributed by atoms with E-state index in [0.717, 1.165) is 12.1 Å². The number of nitrogens with one attached hydrogen (secondary N) is 2. The quantitative estimate of drug-likeness (QED) is 0.559. The van der Waals surface area contributed by atoms with Gasteiger partial charge in [0.1, 0.15) is 5.75 Å². The number of para-hydroxylation sites is 1. The number of ether oxygens (including phenoxy) is 3. The smallest absolute Gasteiger partial charge is 0.416 e. The summed E-state index contributed by atoms with van der Waals surface area (Å²) in [7, 11) is 0. The van der Waals surface area contributed by atoms with E-state index in [9.17, 15) is 22.8 Å². The number of hydrogen-bond donors (Lipinski definition) is 2. The summed E-state index contributed by atoms with van der Waals surface area (Å²) in [6.45, 7) is -0.441. The van der Waals surface area contributed by atoms with Crippen molar-refractivity contribution in [2.24, 2.45) is 0 Å². The van der Waals surface area contributed by atoms with Gasteiger partial charge in [-0.25, -0.2) is 0 Å².